The minimum Gasteiger partial charge on any atom is -0.426 e. The van der Waals surface area contributed by atoms with E-state index in [1.807, 2.05) is 26.0 Å². The van der Waals surface area contributed by atoms with Crippen LogP contribution in [-0.4, -0.2) is 5.97 Å². The third kappa shape index (κ3) is 5.51. The molecule has 0 unspecified atom stereocenters. The topological polar surface area (TPSA) is 26.3 Å². The Morgan fingerprint density at radius 3 is 1.79 bits per heavy atom. The molecule has 0 saturated carbocycles. The smallest absolute Gasteiger partial charge is 0.311 e. The van der Waals surface area contributed by atoms with E-state index in [4.69, 9.17) is 4.74 Å². The summed E-state index contributed by atoms with van der Waals surface area (Å²) in [5.74, 6) is 0.572. The quantitative estimate of drug-likeness (QED) is 0.177. The maximum Gasteiger partial charge on any atom is 0.311 e. The molecule has 0 spiro atoms. The number of unbranched alkanes of at least 4 members (excludes halogenated alkanes) is 2. The van der Waals surface area contributed by atoms with Crippen molar-refractivity contribution in [3.63, 3.8) is 0 Å². The molecule has 0 bridgehead atoms. The van der Waals surface area contributed by atoms with Gasteiger partial charge in [0.25, 0.3) is 0 Å². The molecule has 3 aromatic rings. The normalized spacial score (nSPS) is 10.9. The summed E-state index contributed by atoms with van der Waals surface area (Å²) < 4.78 is 5.73. The van der Waals surface area contributed by atoms with Crippen molar-refractivity contribution in [2.75, 3.05) is 0 Å². The van der Waals surface area contributed by atoms with Gasteiger partial charge in [0.05, 0.1) is 10.9 Å². The summed E-state index contributed by atoms with van der Waals surface area (Å²) in [6.07, 6.45) is 3.52. The number of hydrogen-bond acceptors (Lipinski definition) is 2. The maximum absolute atomic E-state index is 12.2. The molecule has 0 aromatic heterocycles. The number of ether oxygens (including phenoxy) is 1. The van der Waals surface area contributed by atoms with Crippen LogP contribution >= 0.6 is 0 Å². The van der Waals surface area contributed by atoms with Crippen LogP contribution in [-0.2, 0) is 15.7 Å². The Morgan fingerprint density at radius 2 is 1.31 bits per heavy atom. The molecule has 3 rings (SSSR count). The van der Waals surface area contributed by atoms with Crippen LogP contribution in [0.15, 0.2) is 87.5 Å². The average Bonchev–Trinajstić information content (AvgIpc) is 2.73. The van der Waals surface area contributed by atoms with Gasteiger partial charge in [-0.2, -0.15) is 0 Å². The molecule has 0 fully saturated rings. The molecule has 3 heteroatoms. The molecule has 0 aliphatic rings. The van der Waals surface area contributed by atoms with Crippen LogP contribution in [0.5, 0.6) is 5.75 Å². The van der Waals surface area contributed by atoms with Gasteiger partial charge in [-0.05, 0) is 55.7 Å². The molecule has 0 saturated heterocycles. The first-order chi connectivity index (χ1) is 14.1. The second kappa shape index (κ2) is 10.3. The third-order valence-electron chi connectivity index (χ3n) is 4.83. The van der Waals surface area contributed by atoms with Crippen molar-refractivity contribution < 1.29 is 9.53 Å². The fraction of sp³-hybridized carbons (Fsp3) is 0.269. The predicted molar refractivity (Wildman–Crippen MR) is 121 cm³/mol. The van der Waals surface area contributed by atoms with E-state index in [-0.39, 0.29) is 16.9 Å². The minimum atomic E-state index is -0.203. The summed E-state index contributed by atoms with van der Waals surface area (Å²) >= 11 is 0. The Bertz CT molecular complexity index is 873. The van der Waals surface area contributed by atoms with Crippen LogP contribution in [0.4, 0.5) is 0 Å². The van der Waals surface area contributed by atoms with E-state index in [0.29, 0.717) is 12.2 Å². The van der Waals surface area contributed by atoms with E-state index in [2.05, 4.69) is 67.6 Å². The summed E-state index contributed by atoms with van der Waals surface area (Å²) in [6.45, 7) is 6.19. The molecule has 2 nitrogen and oxygen atoms in total. The number of carbonyl (C=O) groups is 1. The maximum atomic E-state index is 12.2. The Hall–Kier alpha value is -2.52. The van der Waals surface area contributed by atoms with Crippen LogP contribution < -0.4 is 4.74 Å². The zero-order chi connectivity index (χ0) is 20.6. The van der Waals surface area contributed by atoms with Crippen molar-refractivity contribution in [3.05, 3.63) is 83.9 Å². The van der Waals surface area contributed by atoms with Gasteiger partial charge in [-0.3, -0.25) is 4.79 Å². The van der Waals surface area contributed by atoms with E-state index >= 15 is 0 Å². The molecule has 0 amide bonds. The van der Waals surface area contributed by atoms with Gasteiger partial charge in [0, 0.05) is 18.6 Å². The first-order valence-electron chi connectivity index (χ1n) is 10.3. The number of hydrogen-bond donors (Lipinski definition) is 0. The van der Waals surface area contributed by atoms with E-state index < -0.39 is 0 Å². The zero-order valence-electron chi connectivity index (χ0n) is 17.5. The highest BCUT2D eigenvalue weighted by Crippen LogP contribution is 2.35. The van der Waals surface area contributed by atoms with Gasteiger partial charge in [0.1, 0.15) is 5.75 Å². The lowest BCUT2D eigenvalue weighted by molar-refractivity contribution is -0.134. The van der Waals surface area contributed by atoms with Gasteiger partial charge in [-0.15, -0.1) is 0 Å². The molecular weight excluding hydrogens is 376 g/mol. The lowest BCUT2D eigenvalue weighted by Gasteiger charge is -2.14. The van der Waals surface area contributed by atoms with Crippen LogP contribution in [0, 0.1) is 13.8 Å². The standard InChI is InChI=1S/C26H29O2S/c1-4-5-8-17-25(27)28-26-20(2)18-24(19-21(26)3)29(22-13-9-6-10-14-22)23-15-11-7-12-16-23/h6-7,9-16,18-19H,4-5,8,17H2,1-3H3/q+1. The highest BCUT2D eigenvalue weighted by atomic mass is 32.2. The Balaban J connectivity index is 1.93. The summed E-state index contributed by atoms with van der Waals surface area (Å²) in [5, 5.41) is 0. The van der Waals surface area contributed by atoms with Crippen molar-refractivity contribution >= 4 is 16.9 Å². The van der Waals surface area contributed by atoms with Gasteiger partial charge in [0.2, 0.25) is 0 Å². The third-order valence-corrected chi connectivity index (χ3v) is 7.02. The van der Waals surface area contributed by atoms with E-state index in [0.717, 1.165) is 30.4 Å². The SMILES string of the molecule is CCCCCC(=O)Oc1c(C)cc([S+](c2ccccc2)c2ccccc2)cc1C. The first kappa shape index (κ1) is 21.2. The second-order valence-corrected chi connectivity index (χ2v) is 9.28. The summed E-state index contributed by atoms with van der Waals surface area (Å²) in [5.41, 5.74) is 2.02. The lowest BCUT2D eigenvalue weighted by atomic mass is 10.1. The van der Waals surface area contributed by atoms with Crippen LogP contribution in [0.2, 0.25) is 0 Å². The van der Waals surface area contributed by atoms with Crippen LogP contribution in [0.25, 0.3) is 0 Å². The van der Waals surface area contributed by atoms with Gasteiger partial charge in [0.15, 0.2) is 14.7 Å². The monoisotopic (exact) mass is 405 g/mol. The summed E-state index contributed by atoms with van der Waals surface area (Å²) in [6, 6.07) is 25.5. The van der Waals surface area contributed by atoms with Crippen LogP contribution in [0.1, 0.15) is 43.7 Å². The number of aryl methyl sites for hydroxylation is 2. The highest BCUT2D eigenvalue weighted by molar-refractivity contribution is 7.97. The largest absolute Gasteiger partial charge is 0.426 e. The fourth-order valence-corrected chi connectivity index (χ4v) is 5.66. The van der Waals surface area contributed by atoms with E-state index in [1.165, 1.54) is 14.7 Å². The van der Waals surface area contributed by atoms with E-state index in [1.54, 1.807) is 0 Å². The molecule has 0 atom stereocenters. The van der Waals surface area contributed by atoms with Crippen molar-refractivity contribution in [2.24, 2.45) is 0 Å². The van der Waals surface area contributed by atoms with Crippen molar-refractivity contribution in [2.45, 2.75) is 61.1 Å². The Kier molecular flexibility index (Phi) is 7.54. The molecule has 29 heavy (non-hydrogen) atoms. The number of carbonyl (C=O) groups excluding carboxylic acids is 1. The molecular formula is C26H29O2S+. The van der Waals surface area contributed by atoms with Crippen LogP contribution in [0.3, 0.4) is 0 Å². The number of rotatable bonds is 8. The lowest BCUT2D eigenvalue weighted by Crippen LogP contribution is -2.11. The Morgan fingerprint density at radius 1 is 0.793 bits per heavy atom. The number of benzene rings is 3. The number of esters is 1. The average molecular weight is 406 g/mol. The first-order valence-corrected chi connectivity index (χ1v) is 11.5. The van der Waals surface area contributed by atoms with E-state index in [9.17, 15) is 4.79 Å². The Labute approximate surface area is 177 Å². The van der Waals surface area contributed by atoms with Crippen molar-refractivity contribution in [1.82, 2.24) is 0 Å². The molecule has 0 heterocycles. The zero-order valence-corrected chi connectivity index (χ0v) is 18.3. The highest BCUT2D eigenvalue weighted by Gasteiger charge is 2.29. The molecule has 3 aromatic carbocycles. The van der Waals surface area contributed by atoms with Gasteiger partial charge >= 0.3 is 5.97 Å². The second-order valence-electron chi connectivity index (χ2n) is 7.25. The van der Waals surface area contributed by atoms with Gasteiger partial charge < -0.3 is 4.74 Å². The summed E-state index contributed by atoms with van der Waals surface area (Å²) in [7, 11) is -0.203. The van der Waals surface area contributed by atoms with Crippen molar-refractivity contribution in [1.29, 1.82) is 0 Å². The molecule has 0 radical (unpaired) electrons. The molecule has 150 valence electrons. The summed E-state index contributed by atoms with van der Waals surface area (Å²) in [4.78, 5) is 16.0. The predicted octanol–water partition coefficient (Wildman–Crippen LogP) is 6.88. The van der Waals surface area contributed by atoms with Gasteiger partial charge in [-0.25, -0.2) is 0 Å². The molecule has 0 aliphatic heterocycles. The van der Waals surface area contributed by atoms with Crippen molar-refractivity contribution in [3.8, 4) is 5.75 Å². The van der Waals surface area contributed by atoms with Gasteiger partial charge in [-0.1, -0.05) is 56.2 Å². The molecule has 0 N–H and O–H groups in total. The fourth-order valence-electron chi connectivity index (χ4n) is 3.39. The minimum absolute atomic E-state index is 0.137. The molecule has 0 aliphatic carbocycles.